The molecule has 7 nitrogen and oxygen atoms in total. The van der Waals surface area contributed by atoms with Gasteiger partial charge in [0, 0.05) is 48.5 Å². The Morgan fingerprint density at radius 1 is 1.00 bits per heavy atom. The predicted molar refractivity (Wildman–Crippen MR) is 113 cm³/mol. The van der Waals surface area contributed by atoms with Gasteiger partial charge in [0.05, 0.1) is 4.88 Å². The van der Waals surface area contributed by atoms with E-state index in [1.54, 1.807) is 23.1 Å². The number of primary amides is 1. The number of hydrogen-bond donors (Lipinski definition) is 2. The molecule has 0 unspecified atom stereocenters. The molecule has 154 valence electrons. The first-order chi connectivity index (χ1) is 13.8. The van der Waals surface area contributed by atoms with Crippen molar-refractivity contribution >= 4 is 40.5 Å². The Labute approximate surface area is 173 Å². The molecule has 2 aromatic rings. The van der Waals surface area contributed by atoms with E-state index in [1.807, 2.05) is 19.9 Å². The molecule has 29 heavy (non-hydrogen) atoms. The molecule has 1 heterocycles. The fourth-order valence-corrected chi connectivity index (χ4v) is 3.56. The van der Waals surface area contributed by atoms with Crippen LogP contribution in [0.5, 0.6) is 0 Å². The van der Waals surface area contributed by atoms with Gasteiger partial charge in [0.15, 0.2) is 5.78 Å². The van der Waals surface area contributed by atoms with Crippen LogP contribution in [0.25, 0.3) is 0 Å². The summed E-state index contributed by atoms with van der Waals surface area (Å²) in [6.45, 7) is 4.50. The van der Waals surface area contributed by atoms with E-state index in [9.17, 15) is 19.2 Å². The number of carbonyl (C=O) groups is 4. The first-order valence-corrected chi connectivity index (χ1v) is 10.2. The molecule has 0 aliphatic heterocycles. The van der Waals surface area contributed by atoms with Crippen molar-refractivity contribution < 1.29 is 19.2 Å². The van der Waals surface area contributed by atoms with E-state index < -0.39 is 5.91 Å². The molecule has 0 aliphatic carbocycles. The van der Waals surface area contributed by atoms with Gasteiger partial charge in [0.2, 0.25) is 17.7 Å². The molecule has 8 heteroatoms. The molecule has 3 N–H and O–H groups in total. The third-order valence-corrected chi connectivity index (χ3v) is 5.42. The highest BCUT2D eigenvalue weighted by Crippen LogP contribution is 2.18. The van der Waals surface area contributed by atoms with Crippen molar-refractivity contribution in [2.24, 2.45) is 5.73 Å². The van der Waals surface area contributed by atoms with E-state index in [-0.39, 0.29) is 43.4 Å². The fourth-order valence-electron chi connectivity index (χ4n) is 2.72. The van der Waals surface area contributed by atoms with Crippen LogP contribution in [0.1, 0.15) is 51.1 Å². The van der Waals surface area contributed by atoms with Crippen LogP contribution in [0.3, 0.4) is 0 Å². The number of ketones is 1. The first-order valence-electron chi connectivity index (χ1n) is 9.37. The second-order valence-electron chi connectivity index (χ2n) is 6.55. The average molecular weight is 416 g/mol. The van der Waals surface area contributed by atoms with Crippen molar-refractivity contribution in [3.63, 3.8) is 0 Å². The molecule has 0 bridgehead atoms. The van der Waals surface area contributed by atoms with Gasteiger partial charge >= 0.3 is 0 Å². The summed E-state index contributed by atoms with van der Waals surface area (Å²) in [4.78, 5) is 51.0. The summed E-state index contributed by atoms with van der Waals surface area (Å²) in [5.41, 5.74) is 6.09. The standard InChI is InChI=1S/C21H25N3O4S/c1-3-24(20(27)11-9-17(25)18-10-4-14(2)29-18)13-12-19(26)23-16-7-5-15(6-8-16)21(22)28/h4-8,10H,3,9,11-13H2,1-2H3,(H2,22,28)(H,23,26). The quantitative estimate of drug-likeness (QED) is 0.581. The smallest absolute Gasteiger partial charge is 0.248 e. The highest BCUT2D eigenvalue weighted by molar-refractivity contribution is 7.14. The Morgan fingerprint density at radius 2 is 1.69 bits per heavy atom. The summed E-state index contributed by atoms with van der Waals surface area (Å²) in [6, 6.07) is 9.93. The summed E-state index contributed by atoms with van der Waals surface area (Å²) in [7, 11) is 0. The fraction of sp³-hybridized carbons (Fsp3) is 0.333. The van der Waals surface area contributed by atoms with Gasteiger partial charge < -0.3 is 16.0 Å². The molecule has 0 saturated heterocycles. The highest BCUT2D eigenvalue weighted by atomic mass is 32.1. The van der Waals surface area contributed by atoms with Gasteiger partial charge in [-0.15, -0.1) is 11.3 Å². The molecule has 0 saturated carbocycles. The van der Waals surface area contributed by atoms with Gasteiger partial charge in [-0.2, -0.15) is 0 Å². The Hall–Kier alpha value is -3.00. The third-order valence-electron chi connectivity index (χ3n) is 4.38. The van der Waals surface area contributed by atoms with E-state index in [2.05, 4.69) is 5.32 Å². The lowest BCUT2D eigenvalue weighted by Gasteiger charge is -2.20. The van der Waals surface area contributed by atoms with Crippen molar-refractivity contribution in [3.05, 3.63) is 51.7 Å². The molecule has 1 aromatic carbocycles. The highest BCUT2D eigenvalue weighted by Gasteiger charge is 2.16. The van der Waals surface area contributed by atoms with Crippen LogP contribution in [0.4, 0.5) is 5.69 Å². The molecule has 3 amide bonds. The number of hydrogen-bond acceptors (Lipinski definition) is 5. The number of thiophene rings is 1. The normalized spacial score (nSPS) is 10.4. The predicted octanol–water partition coefficient (Wildman–Crippen LogP) is 3.00. The maximum Gasteiger partial charge on any atom is 0.248 e. The third kappa shape index (κ3) is 6.83. The SMILES string of the molecule is CCN(CCC(=O)Nc1ccc(C(N)=O)cc1)C(=O)CCC(=O)c1ccc(C)s1. The van der Waals surface area contributed by atoms with Crippen molar-refractivity contribution in [1.29, 1.82) is 0 Å². The van der Waals surface area contributed by atoms with Crippen molar-refractivity contribution in [2.45, 2.75) is 33.1 Å². The number of anilines is 1. The number of Topliss-reactive ketones (excluding diaryl/α,β-unsaturated/α-hetero) is 1. The van der Waals surface area contributed by atoms with Crippen LogP contribution in [0.15, 0.2) is 36.4 Å². The molecule has 0 fully saturated rings. The second-order valence-corrected chi connectivity index (χ2v) is 7.83. The number of carbonyl (C=O) groups excluding carboxylic acids is 4. The van der Waals surface area contributed by atoms with E-state index in [4.69, 9.17) is 5.73 Å². The lowest BCUT2D eigenvalue weighted by atomic mass is 10.1. The van der Waals surface area contributed by atoms with Crippen LogP contribution >= 0.6 is 11.3 Å². The summed E-state index contributed by atoms with van der Waals surface area (Å²) in [6.07, 6.45) is 0.419. The van der Waals surface area contributed by atoms with E-state index in [0.29, 0.717) is 22.7 Å². The minimum Gasteiger partial charge on any atom is -0.366 e. The molecule has 0 spiro atoms. The van der Waals surface area contributed by atoms with Crippen LogP contribution in [-0.2, 0) is 9.59 Å². The number of benzene rings is 1. The summed E-state index contributed by atoms with van der Waals surface area (Å²) in [5.74, 6) is -0.960. The van der Waals surface area contributed by atoms with Gasteiger partial charge in [-0.3, -0.25) is 19.2 Å². The maximum atomic E-state index is 12.4. The Kier molecular flexibility index (Phi) is 8.09. The summed E-state index contributed by atoms with van der Waals surface area (Å²) in [5, 5.41) is 2.72. The van der Waals surface area contributed by atoms with Crippen LogP contribution in [-0.4, -0.2) is 41.5 Å². The van der Waals surface area contributed by atoms with Crippen molar-refractivity contribution in [2.75, 3.05) is 18.4 Å². The first kappa shape index (κ1) is 22.3. The second kappa shape index (κ2) is 10.5. The molecule has 2 rings (SSSR count). The van der Waals surface area contributed by atoms with Crippen LogP contribution in [0, 0.1) is 6.92 Å². The largest absolute Gasteiger partial charge is 0.366 e. The minimum absolute atomic E-state index is 0.0374. The molecule has 0 atom stereocenters. The lowest BCUT2D eigenvalue weighted by molar-refractivity contribution is -0.131. The molecule has 1 aromatic heterocycles. The van der Waals surface area contributed by atoms with Gasteiger partial charge in [-0.25, -0.2) is 0 Å². The zero-order chi connectivity index (χ0) is 21.4. The minimum atomic E-state index is -0.535. The maximum absolute atomic E-state index is 12.4. The van der Waals surface area contributed by atoms with Crippen molar-refractivity contribution in [1.82, 2.24) is 4.90 Å². The Bertz CT molecular complexity index is 890. The number of nitrogens with zero attached hydrogens (tertiary/aromatic N) is 1. The lowest BCUT2D eigenvalue weighted by Crippen LogP contribution is -2.33. The molecule has 0 aliphatic rings. The molecule has 0 radical (unpaired) electrons. The van der Waals surface area contributed by atoms with E-state index >= 15 is 0 Å². The zero-order valence-electron chi connectivity index (χ0n) is 16.6. The van der Waals surface area contributed by atoms with Gasteiger partial charge in [0.25, 0.3) is 0 Å². The Balaban J connectivity index is 1.79. The van der Waals surface area contributed by atoms with E-state index in [0.717, 1.165) is 4.88 Å². The monoisotopic (exact) mass is 415 g/mol. The van der Waals surface area contributed by atoms with Gasteiger partial charge in [-0.1, -0.05) is 0 Å². The summed E-state index contributed by atoms with van der Waals surface area (Å²) < 4.78 is 0. The average Bonchev–Trinajstić information content (AvgIpc) is 3.13. The Morgan fingerprint density at radius 3 is 2.24 bits per heavy atom. The van der Waals surface area contributed by atoms with Crippen LogP contribution < -0.4 is 11.1 Å². The van der Waals surface area contributed by atoms with Crippen molar-refractivity contribution in [3.8, 4) is 0 Å². The van der Waals surface area contributed by atoms with Gasteiger partial charge in [0.1, 0.15) is 0 Å². The van der Waals surface area contributed by atoms with Gasteiger partial charge in [-0.05, 0) is 50.2 Å². The number of nitrogens with one attached hydrogen (secondary N) is 1. The number of amides is 3. The van der Waals surface area contributed by atoms with E-state index in [1.165, 1.54) is 23.5 Å². The van der Waals surface area contributed by atoms with Crippen LogP contribution in [0.2, 0.25) is 0 Å². The number of aryl methyl sites for hydroxylation is 1. The number of rotatable bonds is 10. The zero-order valence-corrected chi connectivity index (χ0v) is 17.4. The molecular weight excluding hydrogens is 390 g/mol. The summed E-state index contributed by atoms with van der Waals surface area (Å²) >= 11 is 1.43. The topological polar surface area (TPSA) is 110 Å². The molecular formula is C21H25N3O4S. The number of nitrogens with two attached hydrogens (primary N) is 1.